The SMILES string of the molecule is COc1ccc(Cl)cc1C(=O)OCc1csc(NC(C)=O)n1. The Morgan fingerprint density at radius 3 is 2.86 bits per heavy atom. The molecular weight excluding hydrogens is 328 g/mol. The third-order valence-corrected chi connectivity index (χ3v) is 3.61. The van der Waals surface area contributed by atoms with Crippen LogP contribution in [-0.4, -0.2) is 24.0 Å². The molecule has 2 aromatic rings. The van der Waals surface area contributed by atoms with Crippen molar-refractivity contribution in [1.29, 1.82) is 0 Å². The summed E-state index contributed by atoms with van der Waals surface area (Å²) in [6.07, 6.45) is 0. The fourth-order valence-electron chi connectivity index (χ4n) is 1.64. The zero-order chi connectivity index (χ0) is 16.1. The molecule has 8 heteroatoms. The number of aromatic nitrogens is 1. The highest BCUT2D eigenvalue weighted by molar-refractivity contribution is 7.13. The fraction of sp³-hybridized carbons (Fsp3) is 0.214. The number of thiazole rings is 1. The average molecular weight is 341 g/mol. The van der Waals surface area contributed by atoms with E-state index < -0.39 is 5.97 Å². The summed E-state index contributed by atoms with van der Waals surface area (Å²) < 4.78 is 10.3. The lowest BCUT2D eigenvalue weighted by molar-refractivity contribution is -0.114. The summed E-state index contributed by atoms with van der Waals surface area (Å²) in [4.78, 5) is 27.1. The number of benzene rings is 1. The van der Waals surface area contributed by atoms with E-state index in [-0.39, 0.29) is 18.1 Å². The molecule has 1 N–H and O–H groups in total. The summed E-state index contributed by atoms with van der Waals surface area (Å²) >= 11 is 7.13. The number of carbonyl (C=O) groups excluding carboxylic acids is 2. The molecule has 0 spiro atoms. The fourth-order valence-corrected chi connectivity index (χ4v) is 2.55. The van der Waals surface area contributed by atoms with Crippen LogP contribution in [0.1, 0.15) is 23.0 Å². The molecule has 0 saturated heterocycles. The molecule has 1 heterocycles. The van der Waals surface area contributed by atoms with E-state index >= 15 is 0 Å². The lowest BCUT2D eigenvalue weighted by atomic mass is 10.2. The topological polar surface area (TPSA) is 77.5 Å². The Labute approximate surface area is 136 Å². The molecule has 0 saturated carbocycles. The first-order valence-electron chi connectivity index (χ1n) is 6.22. The molecule has 0 bridgehead atoms. The summed E-state index contributed by atoms with van der Waals surface area (Å²) in [6.45, 7) is 1.39. The quantitative estimate of drug-likeness (QED) is 0.846. The van der Waals surface area contributed by atoms with Crippen molar-refractivity contribution in [1.82, 2.24) is 4.98 Å². The zero-order valence-electron chi connectivity index (χ0n) is 11.9. The van der Waals surface area contributed by atoms with Crippen molar-refractivity contribution in [2.45, 2.75) is 13.5 Å². The number of hydrogen-bond donors (Lipinski definition) is 1. The largest absolute Gasteiger partial charge is 0.496 e. The van der Waals surface area contributed by atoms with Gasteiger partial charge < -0.3 is 14.8 Å². The van der Waals surface area contributed by atoms with E-state index in [0.29, 0.717) is 21.6 Å². The molecule has 22 heavy (non-hydrogen) atoms. The van der Waals surface area contributed by atoms with Crippen molar-refractivity contribution in [3.05, 3.63) is 39.9 Å². The van der Waals surface area contributed by atoms with Crippen LogP contribution in [0.15, 0.2) is 23.6 Å². The van der Waals surface area contributed by atoms with Gasteiger partial charge in [0.15, 0.2) is 5.13 Å². The smallest absolute Gasteiger partial charge is 0.342 e. The molecule has 1 aromatic carbocycles. The molecule has 0 aliphatic heterocycles. The van der Waals surface area contributed by atoms with E-state index in [0.717, 1.165) is 0 Å². The zero-order valence-corrected chi connectivity index (χ0v) is 13.5. The Bertz CT molecular complexity index is 702. The van der Waals surface area contributed by atoms with Gasteiger partial charge in [0.2, 0.25) is 5.91 Å². The molecule has 0 atom stereocenters. The predicted octanol–water partition coefficient (Wildman–Crippen LogP) is 3.12. The lowest BCUT2D eigenvalue weighted by Crippen LogP contribution is -2.08. The molecular formula is C14H13ClN2O4S. The number of nitrogens with zero attached hydrogens (tertiary/aromatic N) is 1. The number of anilines is 1. The minimum atomic E-state index is -0.562. The van der Waals surface area contributed by atoms with Gasteiger partial charge >= 0.3 is 5.97 Å². The number of carbonyl (C=O) groups is 2. The maximum absolute atomic E-state index is 12.1. The van der Waals surface area contributed by atoms with Crippen LogP contribution in [0.2, 0.25) is 5.02 Å². The van der Waals surface area contributed by atoms with Gasteiger partial charge in [-0.25, -0.2) is 9.78 Å². The van der Waals surface area contributed by atoms with Crippen LogP contribution in [0.5, 0.6) is 5.75 Å². The molecule has 6 nitrogen and oxygen atoms in total. The maximum Gasteiger partial charge on any atom is 0.342 e. The summed E-state index contributed by atoms with van der Waals surface area (Å²) in [6, 6.07) is 4.69. The van der Waals surface area contributed by atoms with Gasteiger partial charge in [-0.05, 0) is 18.2 Å². The van der Waals surface area contributed by atoms with E-state index in [4.69, 9.17) is 21.1 Å². The summed E-state index contributed by atoms with van der Waals surface area (Å²) in [5.41, 5.74) is 0.787. The van der Waals surface area contributed by atoms with Crippen molar-refractivity contribution in [3.8, 4) is 5.75 Å². The first-order valence-corrected chi connectivity index (χ1v) is 7.48. The molecule has 0 radical (unpaired) electrons. The van der Waals surface area contributed by atoms with Crippen LogP contribution < -0.4 is 10.1 Å². The Morgan fingerprint density at radius 1 is 1.41 bits per heavy atom. The van der Waals surface area contributed by atoms with Crippen molar-refractivity contribution >= 4 is 39.9 Å². The highest BCUT2D eigenvalue weighted by Crippen LogP contribution is 2.24. The molecule has 1 amide bonds. The van der Waals surface area contributed by atoms with E-state index in [1.807, 2.05) is 0 Å². The van der Waals surface area contributed by atoms with Crippen LogP contribution in [0.25, 0.3) is 0 Å². The minimum absolute atomic E-state index is 0.00934. The van der Waals surface area contributed by atoms with Gasteiger partial charge in [-0.15, -0.1) is 11.3 Å². The normalized spacial score (nSPS) is 10.1. The second-order valence-electron chi connectivity index (χ2n) is 4.25. The van der Waals surface area contributed by atoms with E-state index in [1.54, 1.807) is 17.5 Å². The van der Waals surface area contributed by atoms with Crippen molar-refractivity contribution < 1.29 is 19.1 Å². The highest BCUT2D eigenvalue weighted by Gasteiger charge is 2.15. The van der Waals surface area contributed by atoms with Crippen molar-refractivity contribution in [3.63, 3.8) is 0 Å². The first-order chi connectivity index (χ1) is 10.5. The third-order valence-electron chi connectivity index (χ3n) is 2.57. The molecule has 0 unspecified atom stereocenters. The number of rotatable bonds is 5. The van der Waals surface area contributed by atoms with Crippen LogP contribution >= 0.6 is 22.9 Å². The molecule has 0 fully saturated rings. The second kappa shape index (κ2) is 7.24. The van der Waals surface area contributed by atoms with Gasteiger partial charge in [0.25, 0.3) is 0 Å². The standard InChI is InChI=1S/C14H13ClN2O4S/c1-8(18)16-14-17-10(7-22-14)6-21-13(19)11-5-9(15)3-4-12(11)20-2/h3-5,7H,6H2,1-2H3,(H,16,17,18). The van der Waals surface area contributed by atoms with E-state index in [2.05, 4.69) is 10.3 Å². The summed E-state index contributed by atoms with van der Waals surface area (Å²) in [5, 5.41) is 5.13. The molecule has 2 rings (SSSR count). The van der Waals surface area contributed by atoms with Crippen molar-refractivity contribution in [2.24, 2.45) is 0 Å². The van der Waals surface area contributed by atoms with Gasteiger partial charge in [0.05, 0.1) is 12.8 Å². The van der Waals surface area contributed by atoms with Gasteiger partial charge in [-0.1, -0.05) is 11.6 Å². The number of halogens is 1. The first kappa shape index (κ1) is 16.3. The van der Waals surface area contributed by atoms with E-state index in [9.17, 15) is 9.59 Å². The van der Waals surface area contributed by atoms with Gasteiger partial charge in [-0.2, -0.15) is 0 Å². The highest BCUT2D eigenvalue weighted by atomic mass is 35.5. The Balaban J connectivity index is 2.02. The number of hydrogen-bond acceptors (Lipinski definition) is 6. The monoisotopic (exact) mass is 340 g/mol. The maximum atomic E-state index is 12.1. The third kappa shape index (κ3) is 4.19. The van der Waals surface area contributed by atoms with Crippen LogP contribution in [0.4, 0.5) is 5.13 Å². The Hall–Kier alpha value is -2.12. The molecule has 0 aliphatic carbocycles. The van der Waals surface area contributed by atoms with Gasteiger partial charge in [0, 0.05) is 17.3 Å². The van der Waals surface area contributed by atoms with E-state index in [1.165, 1.54) is 31.4 Å². The minimum Gasteiger partial charge on any atom is -0.496 e. The summed E-state index contributed by atoms with van der Waals surface area (Å²) in [5.74, 6) is -0.387. The molecule has 1 aromatic heterocycles. The predicted molar refractivity (Wildman–Crippen MR) is 83.5 cm³/mol. The number of ether oxygens (including phenoxy) is 2. The molecule has 0 aliphatic rings. The van der Waals surface area contributed by atoms with Gasteiger partial charge in [-0.3, -0.25) is 4.79 Å². The van der Waals surface area contributed by atoms with Gasteiger partial charge in [0.1, 0.15) is 17.9 Å². The lowest BCUT2D eigenvalue weighted by Gasteiger charge is -2.08. The second-order valence-corrected chi connectivity index (χ2v) is 5.54. The number of amides is 1. The average Bonchev–Trinajstić information content (AvgIpc) is 2.91. The number of nitrogens with one attached hydrogen (secondary N) is 1. The summed E-state index contributed by atoms with van der Waals surface area (Å²) in [7, 11) is 1.46. The van der Waals surface area contributed by atoms with Crippen LogP contribution in [0.3, 0.4) is 0 Å². The Morgan fingerprint density at radius 2 is 2.18 bits per heavy atom. The van der Waals surface area contributed by atoms with Crippen molar-refractivity contribution in [2.75, 3.05) is 12.4 Å². The Kier molecular flexibility index (Phi) is 5.35. The number of esters is 1. The van der Waals surface area contributed by atoms with Crippen LogP contribution in [-0.2, 0) is 16.1 Å². The van der Waals surface area contributed by atoms with Crippen LogP contribution in [0, 0.1) is 0 Å². The molecule has 116 valence electrons. The number of methoxy groups -OCH3 is 1.